The van der Waals surface area contributed by atoms with E-state index in [9.17, 15) is 4.39 Å². The highest BCUT2D eigenvalue weighted by atomic mass is 32.1. The van der Waals surface area contributed by atoms with E-state index in [2.05, 4.69) is 4.98 Å². The van der Waals surface area contributed by atoms with Crippen LogP contribution in [0.4, 0.5) is 4.39 Å². The Bertz CT molecular complexity index is 568. The van der Waals surface area contributed by atoms with Gasteiger partial charge in [0, 0.05) is 23.4 Å². The summed E-state index contributed by atoms with van der Waals surface area (Å²) < 4.78 is 19.1. The quantitative estimate of drug-likeness (QED) is 0.845. The number of benzene rings is 1. The molecular formula is C12H11FN2OS. The van der Waals surface area contributed by atoms with Crippen LogP contribution < -0.4 is 10.5 Å². The minimum absolute atomic E-state index is 0.306. The molecule has 0 bridgehead atoms. The van der Waals surface area contributed by atoms with E-state index in [1.165, 1.54) is 6.07 Å². The highest BCUT2D eigenvalue weighted by Gasteiger charge is 2.21. The van der Waals surface area contributed by atoms with Crippen LogP contribution in [-0.2, 0) is 13.0 Å². The Labute approximate surface area is 102 Å². The zero-order valence-electron chi connectivity index (χ0n) is 9.07. The van der Waals surface area contributed by atoms with Gasteiger partial charge in [-0.2, -0.15) is 0 Å². The van der Waals surface area contributed by atoms with E-state index in [4.69, 9.17) is 10.5 Å². The molecule has 0 amide bonds. The predicted octanol–water partition coefficient (Wildman–Crippen LogP) is 2.34. The minimum Gasteiger partial charge on any atom is -0.489 e. The zero-order chi connectivity index (χ0) is 11.8. The first kappa shape index (κ1) is 10.7. The lowest BCUT2D eigenvalue weighted by molar-refractivity contribution is 0.310. The van der Waals surface area contributed by atoms with E-state index in [1.54, 1.807) is 17.4 Å². The lowest BCUT2D eigenvalue weighted by Crippen LogP contribution is -2.00. The molecule has 3 rings (SSSR count). The topological polar surface area (TPSA) is 48.1 Å². The van der Waals surface area contributed by atoms with Crippen molar-refractivity contribution in [1.29, 1.82) is 0 Å². The maximum absolute atomic E-state index is 13.7. The van der Waals surface area contributed by atoms with Gasteiger partial charge in [0.15, 0.2) is 11.6 Å². The molecule has 88 valence electrons. The summed E-state index contributed by atoms with van der Waals surface area (Å²) in [4.78, 5) is 5.58. The van der Waals surface area contributed by atoms with E-state index in [-0.39, 0.29) is 5.82 Å². The molecule has 2 aromatic rings. The van der Waals surface area contributed by atoms with Crippen LogP contribution in [0, 0.1) is 5.82 Å². The highest BCUT2D eigenvalue weighted by molar-refractivity contribution is 7.12. The molecule has 0 spiro atoms. The Morgan fingerprint density at radius 2 is 2.35 bits per heavy atom. The Morgan fingerprint density at radius 1 is 1.47 bits per heavy atom. The summed E-state index contributed by atoms with van der Waals surface area (Å²) in [5, 5.41) is 0.882. The van der Waals surface area contributed by atoms with Crippen molar-refractivity contribution >= 4 is 11.3 Å². The van der Waals surface area contributed by atoms with Crippen molar-refractivity contribution in [2.75, 3.05) is 6.61 Å². The van der Waals surface area contributed by atoms with Gasteiger partial charge in [0.25, 0.3) is 0 Å². The van der Waals surface area contributed by atoms with E-state index in [0.717, 1.165) is 27.6 Å². The van der Waals surface area contributed by atoms with Gasteiger partial charge in [0.05, 0.1) is 12.3 Å². The molecule has 0 atom stereocenters. The second kappa shape index (κ2) is 4.09. The van der Waals surface area contributed by atoms with Gasteiger partial charge < -0.3 is 10.5 Å². The molecule has 0 aliphatic carbocycles. The van der Waals surface area contributed by atoms with Crippen LogP contribution in [0.15, 0.2) is 18.2 Å². The number of thiazole rings is 1. The first-order valence-corrected chi connectivity index (χ1v) is 6.21. The fourth-order valence-corrected chi connectivity index (χ4v) is 2.90. The highest BCUT2D eigenvalue weighted by Crippen LogP contribution is 2.38. The summed E-state index contributed by atoms with van der Waals surface area (Å²) in [7, 11) is 0. The molecule has 2 heterocycles. The Balaban J connectivity index is 2.23. The van der Waals surface area contributed by atoms with Crippen molar-refractivity contribution in [3.63, 3.8) is 0 Å². The maximum atomic E-state index is 13.7. The summed E-state index contributed by atoms with van der Waals surface area (Å²) in [5.41, 5.74) is 7.15. The first-order chi connectivity index (χ1) is 8.29. The molecule has 2 N–H and O–H groups in total. The molecule has 1 aromatic heterocycles. The van der Waals surface area contributed by atoms with Crippen LogP contribution in [0.3, 0.4) is 0 Å². The molecule has 0 unspecified atom stereocenters. The number of hydrogen-bond acceptors (Lipinski definition) is 4. The number of para-hydroxylation sites is 1. The lowest BCUT2D eigenvalue weighted by Gasteiger charge is -2.07. The first-order valence-electron chi connectivity index (χ1n) is 5.40. The lowest BCUT2D eigenvalue weighted by atomic mass is 10.1. The van der Waals surface area contributed by atoms with Crippen LogP contribution in [0.2, 0.25) is 0 Å². The van der Waals surface area contributed by atoms with E-state index in [1.807, 2.05) is 6.07 Å². The molecule has 1 aliphatic rings. The molecule has 1 aromatic carbocycles. The van der Waals surface area contributed by atoms with E-state index >= 15 is 0 Å². The number of nitrogens with two attached hydrogens (primary N) is 1. The molecule has 17 heavy (non-hydrogen) atoms. The summed E-state index contributed by atoms with van der Waals surface area (Å²) in [6, 6.07) is 4.91. The largest absolute Gasteiger partial charge is 0.489 e. The number of aromatic nitrogens is 1. The minimum atomic E-state index is -0.336. The third kappa shape index (κ3) is 1.71. The Kier molecular flexibility index (Phi) is 2.57. The molecule has 3 nitrogen and oxygen atoms in total. The normalized spacial score (nSPS) is 13.5. The summed E-state index contributed by atoms with van der Waals surface area (Å²) >= 11 is 1.58. The molecule has 0 saturated heterocycles. The van der Waals surface area contributed by atoms with Crippen LogP contribution in [0.25, 0.3) is 11.3 Å². The summed E-state index contributed by atoms with van der Waals surface area (Å²) in [6.07, 6.45) is 0.751. The fourth-order valence-electron chi connectivity index (χ4n) is 1.96. The third-order valence-corrected chi connectivity index (χ3v) is 3.85. The number of nitrogens with zero attached hydrogens (tertiary/aromatic N) is 1. The van der Waals surface area contributed by atoms with Crippen molar-refractivity contribution in [2.45, 2.75) is 13.0 Å². The molecule has 0 fully saturated rings. The molecule has 1 aliphatic heterocycles. The second-order valence-electron chi connectivity index (χ2n) is 3.80. The van der Waals surface area contributed by atoms with Crippen molar-refractivity contribution in [3.8, 4) is 17.0 Å². The fraction of sp³-hybridized carbons (Fsp3) is 0.250. The van der Waals surface area contributed by atoms with Crippen molar-refractivity contribution in [3.05, 3.63) is 33.9 Å². The van der Waals surface area contributed by atoms with Crippen molar-refractivity contribution < 1.29 is 9.13 Å². The van der Waals surface area contributed by atoms with Gasteiger partial charge in [-0.1, -0.05) is 6.07 Å². The van der Waals surface area contributed by atoms with Crippen LogP contribution in [0.1, 0.15) is 9.88 Å². The van der Waals surface area contributed by atoms with Gasteiger partial charge in [-0.15, -0.1) is 11.3 Å². The maximum Gasteiger partial charge on any atom is 0.165 e. The molecule has 0 saturated carbocycles. The summed E-state index contributed by atoms with van der Waals surface area (Å²) in [5.74, 6) is -0.0298. The molecule has 0 radical (unpaired) electrons. The van der Waals surface area contributed by atoms with Crippen molar-refractivity contribution in [1.82, 2.24) is 4.98 Å². The van der Waals surface area contributed by atoms with Gasteiger partial charge >= 0.3 is 0 Å². The molecule has 5 heteroatoms. The summed E-state index contributed by atoms with van der Waals surface area (Å²) in [6.45, 7) is 0.899. The third-order valence-electron chi connectivity index (χ3n) is 2.71. The zero-order valence-corrected chi connectivity index (χ0v) is 9.89. The average molecular weight is 250 g/mol. The molecular weight excluding hydrogens is 239 g/mol. The van der Waals surface area contributed by atoms with Gasteiger partial charge in [-0.05, 0) is 12.1 Å². The number of rotatable bonds is 1. The van der Waals surface area contributed by atoms with E-state index < -0.39 is 0 Å². The predicted molar refractivity (Wildman–Crippen MR) is 64.6 cm³/mol. The smallest absolute Gasteiger partial charge is 0.165 e. The second-order valence-corrected chi connectivity index (χ2v) is 4.97. The van der Waals surface area contributed by atoms with E-state index in [0.29, 0.717) is 18.9 Å². The average Bonchev–Trinajstić information content (AvgIpc) is 2.67. The van der Waals surface area contributed by atoms with Gasteiger partial charge in [0.1, 0.15) is 5.01 Å². The standard InChI is InChI=1S/C12H11FN2OS/c13-8-3-1-2-7-11-9(4-5-16-12(7)8)17-10(6-14)15-11/h1-3H,4-6,14H2. The Morgan fingerprint density at radius 3 is 3.18 bits per heavy atom. The number of fused-ring (bicyclic) bond motifs is 3. The van der Waals surface area contributed by atoms with Gasteiger partial charge in [-0.25, -0.2) is 9.37 Å². The Hall–Kier alpha value is -1.46. The number of halogens is 1. The van der Waals surface area contributed by atoms with Gasteiger partial charge in [-0.3, -0.25) is 0 Å². The number of ether oxygens (including phenoxy) is 1. The SMILES string of the molecule is NCc1nc2c(s1)CCOc1c(F)cccc1-2. The van der Waals surface area contributed by atoms with Crippen LogP contribution >= 0.6 is 11.3 Å². The van der Waals surface area contributed by atoms with Crippen molar-refractivity contribution in [2.24, 2.45) is 5.73 Å². The van der Waals surface area contributed by atoms with Gasteiger partial charge in [0.2, 0.25) is 0 Å². The monoisotopic (exact) mass is 250 g/mol. The van der Waals surface area contributed by atoms with Crippen LogP contribution in [0.5, 0.6) is 5.75 Å². The van der Waals surface area contributed by atoms with Crippen LogP contribution in [-0.4, -0.2) is 11.6 Å². The number of hydrogen-bond donors (Lipinski definition) is 1.